The van der Waals surface area contributed by atoms with Crippen molar-refractivity contribution >= 4 is 10.0 Å². The van der Waals surface area contributed by atoms with Gasteiger partial charge in [0.1, 0.15) is 0 Å². The molecule has 2 N–H and O–H groups in total. The largest absolute Gasteiger partial charge is 0.492 e. The molecule has 13 heavy (non-hydrogen) atoms. The highest BCUT2D eigenvalue weighted by molar-refractivity contribution is 7.89. The van der Waals surface area contributed by atoms with Gasteiger partial charge in [-0.1, -0.05) is 0 Å². The van der Waals surface area contributed by atoms with Crippen LogP contribution in [0.15, 0.2) is 11.2 Å². The minimum absolute atomic E-state index is 0.0856. The van der Waals surface area contributed by atoms with E-state index in [0.29, 0.717) is 6.54 Å². The summed E-state index contributed by atoms with van der Waals surface area (Å²) in [4.78, 5) is 0. The molecule has 74 valence electrons. The molecule has 0 unspecified atom stereocenters. The lowest BCUT2D eigenvalue weighted by atomic mass is 10.6. The van der Waals surface area contributed by atoms with Gasteiger partial charge in [0.25, 0.3) is 10.0 Å². The summed E-state index contributed by atoms with van der Waals surface area (Å²) in [5.41, 5.74) is 0. The van der Waals surface area contributed by atoms with E-state index in [1.165, 1.54) is 18.0 Å². The van der Waals surface area contributed by atoms with Gasteiger partial charge in [-0.3, -0.25) is 4.68 Å². The number of ether oxygens (including phenoxy) is 1. The third-order valence-electron chi connectivity index (χ3n) is 1.55. The number of rotatable bonds is 3. The van der Waals surface area contributed by atoms with Crippen molar-refractivity contribution in [3.05, 3.63) is 6.20 Å². The predicted octanol–water partition coefficient (Wildman–Crippen LogP) is -0.441. The van der Waals surface area contributed by atoms with Crippen LogP contribution < -0.4 is 9.88 Å². The van der Waals surface area contributed by atoms with E-state index >= 15 is 0 Å². The summed E-state index contributed by atoms with van der Waals surface area (Å²) >= 11 is 0. The van der Waals surface area contributed by atoms with Crippen LogP contribution in [0.25, 0.3) is 0 Å². The van der Waals surface area contributed by atoms with Gasteiger partial charge in [-0.15, -0.1) is 0 Å². The fourth-order valence-corrected chi connectivity index (χ4v) is 1.90. The molecular formula is C6H11N3O3S. The molecule has 0 aliphatic carbocycles. The van der Waals surface area contributed by atoms with E-state index in [4.69, 9.17) is 9.88 Å². The lowest BCUT2D eigenvalue weighted by Crippen LogP contribution is -2.18. The van der Waals surface area contributed by atoms with Crippen molar-refractivity contribution in [2.45, 2.75) is 18.5 Å². The first-order chi connectivity index (χ1) is 6.00. The van der Waals surface area contributed by atoms with E-state index in [1.807, 2.05) is 0 Å². The Morgan fingerprint density at radius 1 is 1.69 bits per heavy atom. The number of sulfonamides is 1. The third-order valence-corrected chi connectivity index (χ3v) is 2.50. The van der Waals surface area contributed by atoms with E-state index < -0.39 is 10.0 Å². The number of primary sulfonamides is 1. The fourth-order valence-electron chi connectivity index (χ4n) is 1.01. The Morgan fingerprint density at radius 3 is 2.69 bits per heavy atom. The van der Waals surface area contributed by atoms with E-state index in [-0.39, 0.29) is 10.8 Å². The molecule has 7 heteroatoms. The van der Waals surface area contributed by atoms with E-state index in [9.17, 15) is 8.42 Å². The average molecular weight is 205 g/mol. The van der Waals surface area contributed by atoms with Gasteiger partial charge in [0, 0.05) is 6.54 Å². The number of hydrogen-bond acceptors (Lipinski definition) is 4. The summed E-state index contributed by atoms with van der Waals surface area (Å²) in [5.74, 6) is 0.171. The molecule has 0 saturated carbocycles. The molecule has 1 heterocycles. The van der Waals surface area contributed by atoms with Crippen LogP contribution in [0.2, 0.25) is 0 Å². The SMILES string of the molecule is CCn1ncc(OC)c1S(N)(=O)=O. The van der Waals surface area contributed by atoms with Gasteiger partial charge >= 0.3 is 0 Å². The normalized spacial score (nSPS) is 11.6. The molecule has 0 fully saturated rings. The number of methoxy groups -OCH3 is 1. The van der Waals surface area contributed by atoms with Gasteiger partial charge < -0.3 is 4.74 Å². The van der Waals surface area contributed by atoms with Crippen molar-refractivity contribution < 1.29 is 13.2 Å². The second-order valence-corrected chi connectivity index (χ2v) is 3.86. The molecule has 0 spiro atoms. The van der Waals surface area contributed by atoms with Crippen molar-refractivity contribution in [1.82, 2.24) is 9.78 Å². The minimum atomic E-state index is -3.77. The summed E-state index contributed by atoms with van der Waals surface area (Å²) in [6.07, 6.45) is 1.32. The van der Waals surface area contributed by atoms with Gasteiger partial charge in [0.15, 0.2) is 5.75 Å². The first-order valence-electron chi connectivity index (χ1n) is 3.63. The highest BCUT2D eigenvalue weighted by atomic mass is 32.2. The number of aryl methyl sites for hydroxylation is 1. The summed E-state index contributed by atoms with van der Waals surface area (Å²) in [6, 6.07) is 0. The fraction of sp³-hybridized carbons (Fsp3) is 0.500. The van der Waals surface area contributed by atoms with E-state index in [1.54, 1.807) is 6.92 Å². The second kappa shape index (κ2) is 3.35. The van der Waals surface area contributed by atoms with Crippen molar-refractivity contribution in [3.8, 4) is 5.75 Å². The summed E-state index contributed by atoms with van der Waals surface area (Å²) < 4.78 is 28.3. The zero-order chi connectivity index (χ0) is 10.1. The topological polar surface area (TPSA) is 87.2 Å². The number of aromatic nitrogens is 2. The quantitative estimate of drug-likeness (QED) is 0.724. The van der Waals surface area contributed by atoms with Crippen LogP contribution in [-0.4, -0.2) is 25.3 Å². The Hall–Kier alpha value is -1.08. The molecule has 0 aliphatic heterocycles. The maximum Gasteiger partial charge on any atom is 0.259 e. The number of nitrogens with zero attached hydrogens (tertiary/aromatic N) is 2. The highest BCUT2D eigenvalue weighted by Crippen LogP contribution is 2.21. The highest BCUT2D eigenvalue weighted by Gasteiger charge is 2.20. The summed E-state index contributed by atoms with van der Waals surface area (Å²) in [7, 11) is -2.40. The first kappa shape index (κ1) is 10.0. The van der Waals surface area contributed by atoms with Gasteiger partial charge in [-0.05, 0) is 6.92 Å². The Bertz CT molecular complexity index is 374. The molecule has 0 radical (unpaired) electrons. The Labute approximate surface area is 76.3 Å². The van der Waals surface area contributed by atoms with Crippen molar-refractivity contribution in [2.75, 3.05) is 7.11 Å². The molecule has 6 nitrogen and oxygen atoms in total. The smallest absolute Gasteiger partial charge is 0.259 e. The zero-order valence-electron chi connectivity index (χ0n) is 7.39. The maximum absolute atomic E-state index is 11.1. The van der Waals surface area contributed by atoms with Crippen molar-refractivity contribution in [1.29, 1.82) is 0 Å². The number of nitrogens with two attached hydrogens (primary N) is 1. The molecule has 1 aromatic rings. The van der Waals surface area contributed by atoms with Crippen LogP contribution in [0.5, 0.6) is 5.75 Å². The van der Waals surface area contributed by atoms with Gasteiger partial charge in [-0.2, -0.15) is 5.10 Å². The molecule has 0 aromatic carbocycles. The monoisotopic (exact) mass is 205 g/mol. The molecule has 0 atom stereocenters. The Morgan fingerprint density at radius 2 is 2.31 bits per heavy atom. The van der Waals surface area contributed by atoms with Crippen LogP contribution in [0.1, 0.15) is 6.92 Å². The van der Waals surface area contributed by atoms with Gasteiger partial charge in [0.2, 0.25) is 5.03 Å². The first-order valence-corrected chi connectivity index (χ1v) is 5.18. The van der Waals surface area contributed by atoms with Crippen molar-refractivity contribution in [3.63, 3.8) is 0 Å². The van der Waals surface area contributed by atoms with E-state index in [2.05, 4.69) is 5.10 Å². The predicted molar refractivity (Wildman–Crippen MR) is 45.8 cm³/mol. The molecule has 1 rings (SSSR count). The maximum atomic E-state index is 11.1. The molecule has 0 aliphatic rings. The standard InChI is InChI=1S/C6H11N3O3S/c1-3-9-6(13(7,10)11)5(12-2)4-8-9/h4H,3H2,1-2H3,(H2,7,10,11). The minimum Gasteiger partial charge on any atom is -0.492 e. The Kier molecular flexibility index (Phi) is 2.58. The lowest BCUT2D eigenvalue weighted by molar-refractivity contribution is 0.396. The van der Waals surface area contributed by atoms with Crippen molar-refractivity contribution in [2.24, 2.45) is 5.14 Å². The zero-order valence-corrected chi connectivity index (χ0v) is 8.21. The van der Waals surface area contributed by atoms with Gasteiger partial charge in [-0.25, -0.2) is 13.6 Å². The molecule has 1 aromatic heterocycles. The van der Waals surface area contributed by atoms with Crippen LogP contribution in [-0.2, 0) is 16.6 Å². The summed E-state index contributed by atoms with van der Waals surface area (Å²) in [6.45, 7) is 2.19. The molecular weight excluding hydrogens is 194 g/mol. The van der Waals surface area contributed by atoms with Crippen LogP contribution in [0, 0.1) is 0 Å². The third kappa shape index (κ3) is 1.81. The van der Waals surface area contributed by atoms with Crippen LogP contribution >= 0.6 is 0 Å². The Balaban J connectivity index is 3.38. The van der Waals surface area contributed by atoms with E-state index in [0.717, 1.165) is 0 Å². The summed E-state index contributed by atoms with van der Waals surface area (Å²) in [5, 5.41) is 8.70. The van der Waals surface area contributed by atoms with Gasteiger partial charge in [0.05, 0.1) is 13.3 Å². The second-order valence-electron chi connectivity index (χ2n) is 2.38. The van der Waals surface area contributed by atoms with Crippen LogP contribution in [0.3, 0.4) is 0 Å². The lowest BCUT2D eigenvalue weighted by Gasteiger charge is -2.03. The van der Waals surface area contributed by atoms with Crippen LogP contribution in [0.4, 0.5) is 0 Å². The molecule has 0 bridgehead atoms. The molecule has 0 amide bonds. The average Bonchev–Trinajstić information content (AvgIpc) is 2.45. The number of hydrogen-bond donors (Lipinski definition) is 1. The molecule has 0 saturated heterocycles.